The van der Waals surface area contributed by atoms with Crippen LogP contribution < -0.4 is 0 Å². The maximum absolute atomic E-state index is 8.91. The second kappa shape index (κ2) is 6.53. The average molecular weight is 244 g/mol. The summed E-state index contributed by atoms with van der Waals surface area (Å²) in [7, 11) is 0. The van der Waals surface area contributed by atoms with Crippen molar-refractivity contribution in [2.75, 3.05) is 13.2 Å². The largest absolute Gasteiger partial charge is 0.396 e. The van der Waals surface area contributed by atoms with Crippen molar-refractivity contribution in [3.63, 3.8) is 0 Å². The summed E-state index contributed by atoms with van der Waals surface area (Å²) < 4.78 is 0. The van der Waals surface area contributed by atoms with Gasteiger partial charge in [0.25, 0.3) is 0 Å². The molecule has 0 aromatic heterocycles. The van der Waals surface area contributed by atoms with E-state index < -0.39 is 0 Å². The number of hydrogen-bond acceptors (Lipinski definition) is 3. The Hall–Kier alpha value is -1.37. The third kappa shape index (κ3) is 3.32. The van der Waals surface area contributed by atoms with Gasteiger partial charge in [-0.25, -0.2) is 0 Å². The van der Waals surface area contributed by atoms with Gasteiger partial charge in [0.2, 0.25) is 0 Å². The number of hydrogen-bond donors (Lipinski definition) is 1. The van der Waals surface area contributed by atoms with Crippen LogP contribution in [0.5, 0.6) is 0 Å². The number of aliphatic hydroxyl groups is 1. The Morgan fingerprint density at radius 2 is 2.11 bits per heavy atom. The lowest BCUT2D eigenvalue weighted by Crippen LogP contribution is -2.29. The van der Waals surface area contributed by atoms with E-state index in [9.17, 15) is 0 Å². The molecule has 2 rings (SSSR count). The standard InChI is InChI=1S/C15H20N2O/c16-11-13-5-7-14(8-6-13)12-17-9-1-3-15(17)4-2-10-18/h5-8,15,18H,1-4,9-10,12H2. The van der Waals surface area contributed by atoms with E-state index >= 15 is 0 Å². The zero-order chi connectivity index (χ0) is 12.8. The minimum Gasteiger partial charge on any atom is -0.396 e. The van der Waals surface area contributed by atoms with Crippen molar-refractivity contribution in [3.8, 4) is 6.07 Å². The zero-order valence-corrected chi connectivity index (χ0v) is 10.7. The lowest BCUT2D eigenvalue weighted by molar-refractivity contribution is 0.210. The predicted octanol–water partition coefficient (Wildman–Crippen LogP) is 2.30. The molecule has 1 unspecified atom stereocenters. The van der Waals surface area contributed by atoms with Gasteiger partial charge in [-0.1, -0.05) is 12.1 Å². The van der Waals surface area contributed by atoms with E-state index in [4.69, 9.17) is 10.4 Å². The summed E-state index contributed by atoms with van der Waals surface area (Å²) >= 11 is 0. The number of benzene rings is 1. The fraction of sp³-hybridized carbons (Fsp3) is 0.533. The minimum atomic E-state index is 0.293. The summed E-state index contributed by atoms with van der Waals surface area (Å²) in [6, 6.07) is 10.6. The molecule has 0 radical (unpaired) electrons. The fourth-order valence-electron chi connectivity index (χ4n) is 2.68. The maximum atomic E-state index is 8.91. The van der Waals surface area contributed by atoms with Gasteiger partial charge in [-0.2, -0.15) is 5.26 Å². The van der Waals surface area contributed by atoms with E-state index in [1.54, 1.807) is 0 Å². The summed E-state index contributed by atoms with van der Waals surface area (Å²) in [5.41, 5.74) is 1.99. The van der Waals surface area contributed by atoms with E-state index in [1.165, 1.54) is 18.4 Å². The molecule has 1 atom stereocenters. The topological polar surface area (TPSA) is 47.3 Å². The summed E-state index contributed by atoms with van der Waals surface area (Å²) in [4.78, 5) is 2.50. The van der Waals surface area contributed by atoms with Crippen LogP contribution >= 0.6 is 0 Å². The molecule has 3 nitrogen and oxygen atoms in total. The van der Waals surface area contributed by atoms with Crippen LogP contribution in [-0.4, -0.2) is 29.2 Å². The van der Waals surface area contributed by atoms with Crippen LogP contribution in [0.2, 0.25) is 0 Å². The van der Waals surface area contributed by atoms with Crippen LogP contribution in [0.15, 0.2) is 24.3 Å². The average Bonchev–Trinajstić information content (AvgIpc) is 2.84. The highest BCUT2D eigenvalue weighted by Crippen LogP contribution is 2.23. The molecule has 3 heteroatoms. The Balaban J connectivity index is 1.93. The zero-order valence-electron chi connectivity index (χ0n) is 10.7. The molecular weight excluding hydrogens is 224 g/mol. The Bertz CT molecular complexity index is 407. The number of nitrogens with zero attached hydrogens (tertiary/aromatic N) is 2. The highest BCUT2D eigenvalue weighted by molar-refractivity contribution is 5.31. The molecule has 0 spiro atoms. The smallest absolute Gasteiger partial charge is 0.0991 e. The van der Waals surface area contributed by atoms with Crippen molar-refractivity contribution in [2.24, 2.45) is 0 Å². The number of nitriles is 1. The molecule has 18 heavy (non-hydrogen) atoms. The van der Waals surface area contributed by atoms with Crippen molar-refractivity contribution < 1.29 is 5.11 Å². The Morgan fingerprint density at radius 3 is 2.78 bits per heavy atom. The normalized spacial score (nSPS) is 19.9. The Labute approximate surface area is 109 Å². The fourth-order valence-corrected chi connectivity index (χ4v) is 2.68. The lowest BCUT2D eigenvalue weighted by atomic mass is 10.1. The molecule has 0 saturated carbocycles. The van der Waals surface area contributed by atoms with E-state index in [1.807, 2.05) is 24.3 Å². The molecule has 0 amide bonds. The van der Waals surface area contributed by atoms with Crippen LogP contribution in [0.25, 0.3) is 0 Å². The van der Waals surface area contributed by atoms with Gasteiger partial charge in [-0.15, -0.1) is 0 Å². The summed E-state index contributed by atoms with van der Waals surface area (Å²) in [6.07, 6.45) is 4.49. The third-order valence-corrected chi connectivity index (χ3v) is 3.66. The lowest BCUT2D eigenvalue weighted by Gasteiger charge is -2.24. The molecule has 1 heterocycles. The second-order valence-corrected chi connectivity index (χ2v) is 4.94. The van der Waals surface area contributed by atoms with Crippen molar-refractivity contribution in [1.82, 2.24) is 4.90 Å². The first-order valence-corrected chi connectivity index (χ1v) is 6.67. The maximum Gasteiger partial charge on any atom is 0.0991 e. The number of rotatable bonds is 5. The second-order valence-electron chi connectivity index (χ2n) is 4.94. The molecule has 1 N–H and O–H groups in total. The quantitative estimate of drug-likeness (QED) is 0.864. The molecular formula is C15H20N2O. The van der Waals surface area contributed by atoms with Gasteiger partial charge in [-0.3, -0.25) is 4.90 Å². The highest BCUT2D eigenvalue weighted by Gasteiger charge is 2.23. The summed E-state index contributed by atoms with van der Waals surface area (Å²) in [5, 5.41) is 17.7. The molecule has 96 valence electrons. The predicted molar refractivity (Wildman–Crippen MR) is 70.9 cm³/mol. The first kappa shape index (κ1) is 13.1. The monoisotopic (exact) mass is 244 g/mol. The van der Waals surface area contributed by atoms with Crippen LogP contribution in [0, 0.1) is 11.3 Å². The molecule has 1 aliphatic rings. The van der Waals surface area contributed by atoms with Gasteiger partial charge in [0.1, 0.15) is 0 Å². The van der Waals surface area contributed by atoms with Crippen molar-refractivity contribution in [1.29, 1.82) is 5.26 Å². The molecule has 1 aromatic carbocycles. The van der Waals surface area contributed by atoms with Gasteiger partial charge >= 0.3 is 0 Å². The molecule has 1 saturated heterocycles. The summed E-state index contributed by atoms with van der Waals surface area (Å²) in [5.74, 6) is 0. The minimum absolute atomic E-state index is 0.293. The molecule has 1 aromatic rings. The van der Waals surface area contributed by atoms with Gasteiger partial charge in [-0.05, 0) is 49.9 Å². The van der Waals surface area contributed by atoms with Crippen LogP contribution in [0.3, 0.4) is 0 Å². The van der Waals surface area contributed by atoms with Crippen molar-refractivity contribution in [3.05, 3.63) is 35.4 Å². The molecule has 0 bridgehead atoms. The molecule has 0 aliphatic carbocycles. The van der Waals surface area contributed by atoms with Gasteiger partial charge in [0.15, 0.2) is 0 Å². The van der Waals surface area contributed by atoms with Crippen molar-refractivity contribution >= 4 is 0 Å². The Morgan fingerprint density at radius 1 is 1.33 bits per heavy atom. The summed E-state index contributed by atoms with van der Waals surface area (Å²) in [6.45, 7) is 2.40. The first-order chi connectivity index (χ1) is 8.83. The SMILES string of the molecule is N#Cc1ccc(CN2CCCC2CCCO)cc1. The van der Waals surface area contributed by atoms with Crippen LogP contribution in [0.4, 0.5) is 0 Å². The molecule has 1 aliphatic heterocycles. The number of aliphatic hydroxyl groups excluding tert-OH is 1. The first-order valence-electron chi connectivity index (χ1n) is 6.67. The van der Waals surface area contributed by atoms with E-state index in [0.717, 1.165) is 31.5 Å². The van der Waals surface area contributed by atoms with Crippen LogP contribution in [-0.2, 0) is 6.54 Å². The molecule has 1 fully saturated rings. The number of likely N-dealkylation sites (tertiary alicyclic amines) is 1. The van der Waals surface area contributed by atoms with E-state index in [2.05, 4.69) is 11.0 Å². The third-order valence-electron chi connectivity index (χ3n) is 3.66. The Kier molecular flexibility index (Phi) is 4.74. The van der Waals surface area contributed by atoms with Gasteiger partial charge < -0.3 is 5.11 Å². The van der Waals surface area contributed by atoms with Gasteiger partial charge in [0, 0.05) is 19.2 Å². The van der Waals surface area contributed by atoms with Gasteiger partial charge in [0.05, 0.1) is 11.6 Å². The van der Waals surface area contributed by atoms with E-state index in [0.29, 0.717) is 12.6 Å². The highest BCUT2D eigenvalue weighted by atomic mass is 16.2. The van der Waals surface area contributed by atoms with Crippen LogP contribution in [0.1, 0.15) is 36.8 Å². The van der Waals surface area contributed by atoms with E-state index in [-0.39, 0.29) is 0 Å². The van der Waals surface area contributed by atoms with Crippen molar-refractivity contribution in [2.45, 2.75) is 38.3 Å².